The summed E-state index contributed by atoms with van der Waals surface area (Å²) in [5.74, 6) is -0.457. The summed E-state index contributed by atoms with van der Waals surface area (Å²) in [6.07, 6.45) is 1.29. The summed E-state index contributed by atoms with van der Waals surface area (Å²) >= 11 is 6.04. The van der Waals surface area contributed by atoms with Crippen molar-refractivity contribution in [1.29, 1.82) is 0 Å². The van der Waals surface area contributed by atoms with Gasteiger partial charge >= 0.3 is 0 Å². The van der Waals surface area contributed by atoms with Crippen molar-refractivity contribution in [1.82, 2.24) is 9.80 Å². The van der Waals surface area contributed by atoms with E-state index in [-0.39, 0.29) is 24.2 Å². The Labute approximate surface area is 168 Å². The van der Waals surface area contributed by atoms with Gasteiger partial charge in [0.2, 0.25) is 5.91 Å². The first kappa shape index (κ1) is 20.1. The molecule has 0 N–H and O–H groups in total. The summed E-state index contributed by atoms with van der Waals surface area (Å²) in [5, 5.41) is 0.419. The molecule has 0 bridgehead atoms. The van der Waals surface area contributed by atoms with Gasteiger partial charge in [-0.05, 0) is 37.1 Å². The van der Waals surface area contributed by atoms with E-state index in [0.29, 0.717) is 34.9 Å². The highest BCUT2D eigenvalue weighted by Gasteiger charge is 2.37. The fourth-order valence-corrected chi connectivity index (χ4v) is 3.66. The zero-order valence-electron chi connectivity index (χ0n) is 15.8. The molecule has 1 heterocycles. The van der Waals surface area contributed by atoms with Crippen molar-refractivity contribution >= 4 is 23.4 Å². The van der Waals surface area contributed by atoms with E-state index in [2.05, 4.69) is 0 Å². The molecule has 2 aromatic rings. The Kier molecular flexibility index (Phi) is 6.19. The smallest absolute Gasteiger partial charge is 0.258 e. The molecule has 1 fully saturated rings. The second kappa shape index (κ2) is 8.61. The number of hydrogen-bond donors (Lipinski definition) is 0. The van der Waals surface area contributed by atoms with Crippen molar-refractivity contribution in [2.45, 2.75) is 25.4 Å². The third-order valence-electron chi connectivity index (χ3n) is 4.93. The Bertz CT molecular complexity index is 890. The molecule has 0 saturated carbocycles. The Morgan fingerprint density at radius 3 is 2.75 bits per heavy atom. The van der Waals surface area contributed by atoms with E-state index in [9.17, 15) is 14.0 Å². The van der Waals surface area contributed by atoms with Crippen LogP contribution in [0.2, 0.25) is 5.02 Å². The van der Waals surface area contributed by atoms with Gasteiger partial charge in [-0.1, -0.05) is 29.8 Å². The van der Waals surface area contributed by atoms with Gasteiger partial charge in [0, 0.05) is 30.7 Å². The van der Waals surface area contributed by atoms with Crippen molar-refractivity contribution < 1.29 is 18.7 Å². The normalized spacial score (nSPS) is 16.1. The zero-order valence-corrected chi connectivity index (χ0v) is 16.6. The quantitative estimate of drug-likeness (QED) is 0.762. The van der Waals surface area contributed by atoms with Crippen LogP contribution in [0.15, 0.2) is 42.5 Å². The number of carbonyl (C=O) groups excluding carboxylic acids is 2. The number of likely N-dealkylation sites (N-methyl/N-ethyl adjacent to an activating group) is 1. The monoisotopic (exact) mass is 404 g/mol. The average molecular weight is 405 g/mol. The molecule has 1 saturated heterocycles. The number of nitrogens with zero attached hydrogens (tertiary/aromatic N) is 2. The topological polar surface area (TPSA) is 49.9 Å². The fourth-order valence-electron chi connectivity index (χ4n) is 3.48. The Morgan fingerprint density at radius 1 is 1.29 bits per heavy atom. The number of rotatable bonds is 5. The lowest BCUT2D eigenvalue weighted by Crippen LogP contribution is -2.46. The van der Waals surface area contributed by atoms with E-state index in [0.717, 1.165) is 6.42 Å². The summed E-state index contributed by atoms with van der Waals surface area (Å²) in [6.45, 7) is 0.614. The average Bonchev–Trinajstić information content (AvgIpc) is 3.18. The van der Waals surface area contributed by atoms with Gasteiger partial charge in [0.25, 0.3) is 5.91 Å². The van der Waals surface area contributed by atoms with Crippen LogP contribution in [0, 0.1) is 5.82 Å². The maximum Gasteiger partial charge on any atom is 0.258 e. The van der Waals surface area contributed by atoms with Crippen LogP contribution >= 0.6 is 11.6 Å². The van der Waals surface area contributed by atoms with E-state index in [4.69, 9.17) is 16.3 Å². The Morgan fingerprint density at radius 2 is 2.04 bits per heavy atom. The summed E-state index contributed by atoms with van der Waals surface area (Å²) in [7, 11) is 3.10. The third kappa shape index (κ3) is 4.12. The van der Waals surface area contributed by atoms with Crippen LogP contribution in [0.5, 0.6) is 5.75 Å². The summed E-state index contributed by atoms with van der Waals surface area (Å²) in [4.78, 5) is 29.1. The molecule has 1 aliphatic heterocycles. The number of likely N-dealkylation sites (tertiary alicyclic amines) is 1. The standard InChI is InChI=1S/C21H22ClFN2O3/c1-24(13-14-6-3-4-7-17(14)23)21(27)18-8-5-11-25(18)20(26)16-12-15(22)9-10-19(16)28-2/h3-4,6-7,9-10,12,18H,5,8,11,13H2,1-2H3/t18-/m0/s1. The van der Waals surface area contributed by atoms with Crippen LogP contribution in [0.4, 0.5) is 4.39 Å². The molecule has 0 spiro atoms. The molecule has 5 nitrogen and oxygen atoms in total. The molecule has 2 amide bonds. The van der Waals surface area contributed by atoms with Crippen LogP contribution in [-0.2, 0) is 11.3 Å². The highest BCUT2D eigenvalue weighted by Crippen LogP contribution is 2.28. The van der Waals surface area contributed by atoms with Crippen molar-refractivity contribution in [3.63, 3.8) is 0 Å². The van der Waals surface area contributed by atoms with Crippen LogP contribution < -0.4 is 4.74 Å². The fraction of sp³-hybridized carbons (Fsp3) is 0.333. The molecule has 2 aromatic carbocycles. The lowest BCUT2D eigenvalue weighted by molar-refractivity contribution is -0.134. The highest BCUT2D eigenvalue weighted by molar-refractivity contribution is 6.31. The Hall–Kier alpha value is -2.60. The van der Waals surface area contributed by atoms with E-state index < -0.39 is 6.04 Å². The van der Waals surface area contributed by atoms with Gasteiger partial charge in [-0.15, -0.1) is 0 Å². The number of methoxy groups -OCH3 is 1. The van der Waals surface area contributed by atoms with Gasteiger partial charge in [-0.3, -0.25) is 9.59 Å². The third-order valence-corrected chi connectivity index (χ3v) is 5.17. The first-order valence-electron chi connectivity index (χ1n) is 9.05. The molecular formula is C21H22ClFN2O3. The molecule has 0 unspecified atom stereocenters. The van der Waals surface area contributed by atoms with Gasteiger partial charge in [-0.2, -0.15) is 0 Å². The van der Waals surface area contributed by atoms with E-state index in [1.165, 1.54) is 18.1 Å². The number of ether oxygens (including phenoxy) is 1. The second-order valence-corrected chi connectivity index (χ2v) is 7.22. The minimum absolute atomic E-state index is 0.143. The van der Waals surface area contributed by atoms with Crippen LogP contribution in [0.3, 0.4) is 0 Å². The molecular weight excluding hydrogens is 383 g/mol. The van der Waals surface area contributed by atoms with Gasteiger partial charge in [0.05, 0.1) is 12.7 Å². The molecule has 1 aliphatic rings. The van der Waals surface area contributed by atoms with Crippen LogP contribution in [0.25, 0.3) is 0 Å². The van der Waals surface area contributed by atoms with Crippen molar-refractivity contribution in [3.8, 4) is 5.75 Å². The number of benzene rings is 2. The van der Waals surface area contributed by atoms with E-state index in [1.807, 2.05) is 0 Å². The number of halogens is 2. The van der Waals surface area contributed by atoms with Gasteiger partial charge < -0.3 is 14.5 Å². The molecule has 1 atom stereocenters. The van der Waals surface area contributed by atoms with Gasteiger partial charge in [0.1, 0.15) is 17.6 Å². The van der Waals surface area contributed by atoms with Crippen molar-refractivity contribution in [2.24, 2.45) is 0 Å². The van der Waals surface area contributed by atoms with E-state index >= 15 is 0 Å². The minimum Gasteiger partial charge on any atom is -0.496 e. The largest absolute Gasteiger partial charge is 0.496 e. The molecule has 7 heteroatoms. The van der Waals surface area contributed by atoms with Crippen molar-refractivity contribution in [2.75, 3.05) is 20.7 Å². The minimum atomic E-state index is -0.590. The number of carbonyl (C=O) groups is 2. The molecule has 0 aromatic heterocycles. The van der Waals surface area contributed by atoms with Crippen LogP contribution in [-0.4, -0.2) is 48.4 Å². The zero-order chi connectivity index (χ0) is 20.3. The van der Waals surface area contributed by atoms with Gasteiger partial charge in [-0.25, -0.2) is 4.39 Å². The van der Waals surface area contributed by atoms with Crippen molar-refractivity contribution in [3.05, 3.63) is 64.4 Å². The first-order chi connectivity index (χ1) is 13.4. The SMILES string of the molecule is COc1ccc(Cl)cc1C(=O)N1CCC[C@H]1C(=O)N(C)Cc1ccccc1F. The predicted molar refractivity (Wildman–Crippen MR) is 105 cm³/mol. The molecule has 0 radical (unpaired) electrons. The van der Waals surface area contributed by atoms with Crippen LogP contribution in [0.1, 0.15) is 28.8 Å². The maximum absolute atomic E-state index is 13.9. The molecule has 28 heavy (non-hydrogen) atoms. The first-order valence-corrected chi connectivity index (χ1v) is 9.43. The molecule has 148 valence electrons. The highest BCUT2D eigenvalue weighted by atomic mass is 35.5. The summed E-state index contributed by atoms with van der Waals surface area (Å²) in [5.41, 5.74) is 0.761. The maximum atomic E-state index is 13.9. The molecule has 3 rings (SSSR count). The lowest BCUT2D eigenvalue weighted by Gasteiger charge is -2.28. The van der Waals surface area contributed by atoms with Gasteiger partial charge in [0.15, 0.2) is 0 Å². The summed E-state index contributed by atoms with van der Waals surface area (Å²) in [6, 6.07) is 10.6. The van der Waals surface area contributed by atoms with E-state index in [1.54, 1.807) is 48.3 Å². The summed E-state index contributed by atoms with van der Waals surface area (Å²) < 4.78 is 19.2. The predicted octanol–water partition coefficient (Wildman–Crippen LogP) is 3.75. The number of hydrogen-bond acceptors (Lipinski definition) is 3. The molecule has 0 aliphatic carbocycles. The Balaban J connectivity index is 1.78. The lowest BCUT2D eigenvalue weighted by atomic mass is 10.1. The number of amides is 2. The second-order valence-electron chi connectivity index (χ2n) is 6.79.